The zero-order chi connectivity index (χ0) is 11.1. The highest BCUT2D eigenvalue weighted by Gasteiger charge is 2.50. The van der Waals surface area contributed by atoms with Gasteiger partial charge in [-0.3, -0.25) is 0 Å². The van der Waals surface area contributed by atoms with Crippen molar-refractivity contribution in [3.8, 4) is 0 Å². The Labute approximate surface area is 79.9 Å². The molecule has 0 spiro atoms. The van der Waals surface area contributed by atoms with Crippen LogP contribution in [0, 0.1) is 13.8 Å². The molecule has 14 heavy (non-hydrogen) atoms. The first-order chi connectivity index (χ1) is 6.16. The molecule has 0 amide bonds. The zero-order valence-corrected chi connectivity index (χ0v) is 8.20. The Morgan fingerprint density at radius 2 is 1.79 bits per heavy atom. The Hall–Kier alpha value is -0.970. The van der Waals surface area contributed by atoms with Crippen molar-refractivity contribution in [2.45, 2.75) is 32.5 Å². The third-order valence-electron chi connectivity index (χ3n) is 2.19. The first-order valence-corrected chi connectivity index (χ1v) is 4.09. The van der Waals surface area contributed by atoms with E-state index in [4.69, 9.17) is 10.2 Å². The summed E-state index contributed by atoms with van der Waals surface area (Å²) < 4.78 is 42.6. The predicted molar refractivity (Wildman–Crippen MR) is 45.8 cm³/mol. The number of rotatable bonds is 1. The monoisotopic (exact) mass is 207 g/mol. The third kappa shape index (κ3) is 1.64. The van der Waals surface area contributed by atoms with E-state index in [1.54, 1.807) is 6.92 Å². The van der Waals surface area contributed by atoms with Gasteiger partial charge >= 0.3 is 6.18 Å². The molecule has 0 bridgehead atoms. The maximum atomic E-state index is 12.5. The highest BCUT2D eigenvalue weighted by Crippen LogP contribution is 2.38. The van der Waals surface area contributed by atoms with E-state index in [1.807, 2.05) is 0 Å². The summed E-state index contributed by atoms with van der Waals surface area (Å²) >= 11 is 0. The largest absolute Gasteiger partial charge is 0.466 e. The lowest BCUT2D eigenvalue weighted by molar-refractivity contribution is -0.184. The molecule has 1 atom stereocenters. The van der Waals surface area contributed by atoms with E-state index in [-0.39, 0.29) is 11.3 Å². The van der Waals surface area contributed by atoms with Crippen LogP contribution in [0.3, 0.4) is 0 Å². The van der Waals surface area contributed by atoms with Crippen LogP contribution in [-0.4, -0.2) is 6.18 Å². The molecule has 0 aliphatic carbocycles. The summed E-state index contributed by atoms with van der Waals surface area (Å²) in [6, 6.07) is 1.32. The zero-order valence-electron chi connectivity index (χ0n) is 8.20. The average Bonchev–Trinajstić information content (AvgIpc) is 2.27. The van der Waals surface area contributed by atoms with Gasteiger partial charge in [0, 0.05) is 5.56 Å². The van der Waals surface area contributed by atoms with Gasteiger partial charge in [0.2, 0.25) is 0 Å². The highest BCUT2D eigenvalue weighted by molar-refractivity contribution is 5.29. The fourth-order valence-electron chi connectivity index (χ4n) is 1.30. The maximum absolute atomic E-state index is 12.5. The van der Waals surface area contributed by atoms with Crippen LogP contribution in [0.2, 0.25) is 0 Å². The Morgan fingerprint density at radius 3 is 2.07 bits per heavy atom. The van der Waals surface area contributed by atoms with E-state index in [9.17, 15) is 13.2 Å². The smallest absolute Gasteiger partial charge is 0.410 e. The quantitative estimate of drug-likeness (QED) is 0.768. The minimum absolute atomic E-state index is 0.0116. The van der Waals surface area contributed by atoms with Gasteiger partial charge in [0.1, 0.15) is 17.1 Å². The minimum atomic E-state index is -4.48. The van der Waals surface area contributed by atoms with Gasteiger partial charge in [-0.2, -0.15) is 13.2 Å². The topological polar surface area (TPSA) is 39.2 Å². The Bertz CT molecular complexity index is 338. The van der Waals surface area contributed by atoms with Gasteiger partial charge in [0.15, 0.2) is 0 Å². The van der Waals surface area contributed by atoms with Crippen LogP contribution in [0.15, 0.2) is 10.5 Å². The molecule has 0 aliphatic heterocycles. The van der Waals surface area contributed by atoms with E-state index >= 15 is 0 Å². The van der Waals surface area contributed by atoms with Gasteiger partial charge in [-0.1, -0.05) is 0 Å². The molecule has 80 valence electrons. The molecular formula is C9H12F3NO. The van der Waals surface area contributed by atoms with Gasteiger partial charge in [-0.15, -0.1) is 0 Å². The van der Waals surface area contributed by atoms with Crippen molar-refractivity contribution in [2.75, 3.05) is 0 Å². The number of hydrogen-bond donors (Lipinski definition) is 1. The molecule has 1 aromatic rings. The third-order valence-corrected chi connectivity index (χ3v) is 2.19. The van der Waals surface area contributed by atoms with E-state index in [1.165, 1.54) is 13.0 Å². The van der Waals surface area contributed by atoms with Gasteiger partial charge in [-0.25, -0.2) is 0 Å². The molecule has 0 radical (unpaired) electrons. The number of halogens is 3. The number of hydrogen-bond acceptors (Lipinski definition) is 2. The summed E-state index contributed by atoms with van der Waals surface area (Å²) in [5.74, 6) is 0.642. The molecule has 5 heteroatoms. The van der Waals surface area contributed by atoms with Crippen LogP contribution in [0.1, 0.15) is 24.0 Å². The van der Waals surface area contributed by atoms with Crippen LogP contribution >= 0.6 is 0 Å². The predicted octanol–water partition coefficient (Wildman–Crippen LogP) is 2.63. The van der Waals surface area contributed by atoms with Crippen molar-refractivity contribution in [2.24, 2.45) is 5.73 Å². The van der Waals surface area contributed by atoms with E-state index in [2.05, 4.69) is 0 Å². The molecule has 0 saturated heterocycles. The lowest BCUT2D eigenvalue weighted by Gasteiger charge is -2.27. The Balaban J connectivity index is 3.22. The van der Waals surface area contributed by atoms with E-state index < -0.39 is 11.7 Å². The summed E-state index contributed by atoms with van der Waals surface area (Å²) in [4.78, 5) is 0. The summed E-state index contributed by atoms with van der Waals surface area (Å²) in [6.45, 7) is 3.99. The SMILES string of the molecule is Cc1cc(C(C)(N)C(F)(F)F)c(C)o1. The number of aryl methyl sites for hydroxylation is 2. The van der Waals surface area contributed by atoms with Crippen LogP contribution in [0.5, 0.6) is 0 Å². The van der Waals surface area contributed by atoms with Gasteiger partial charge in [-0.05, 0) is 26.8 Å². The van der Waals surface area contributed by atoms with Crippen LogP contribution in [0.4, 0.5) is 13.2 Å². The average molecular weight is 207 g/mol. The molecule has 1 heterocycles. The summed E-state index contributed by atoms with van der Waals surface area (Å²) in [5, 5.41) is 0. The molecule has 2 nitrogen and oxygen atoms in total. The van der Waals surface area contributed by atoms with Crippen molar-refractivity contribution in [1.29, 1.82) is 0 Å². The number of alkyl halides is 3. The first-order valence-electron chi connectivity index (χ1n) is 4.09. The lowest BCUT2D eigenvalue weighted by Crippen LogP contribution is -2.47. The number of furan rings is 1. The number of nitrogens with two attached hydrogens (primary N) is 1. The van der Waals surface area contributed by atoms with Crippen molar-refractivity contribution in [3.63, 3.8) is 0 Å². The van der Waals surface area contributed by atoms with E-state index in [0.29, 0.717) is 5.76 Å². The molecule has 0 aliphatic rings. The standard InChI is InChI=1S/C9H12F3NO/c1-5-4-7(6(2)14-5)8(3,13)9(10,11)12/h4H,13H2,1-3H3. The maximum Gasteiger partial charge on any atom is 0.410 e. The van der Waals surface area contributed by atoms with Crippen molar-refractivity contribution < 1.29 is 17.6 Å². The molecule has 1 aromatic heterocycles. The Morgan fingerprint density at radius 1 is 1.29 bits per heavy atom. The normalized spacial score (nSPS) is 16.8. The molecule has 1 unspecified atom stereocenters. The molecular weight excluding hydrogens is 195 g/mol. The second-order valence-corrected chi connectivity index (χ2v) is 3.53. The van der Waals surface area contributed by atoms with Gasteiger partial charge in [0.05, 0.1) is 0 Å². The summed E-state index contributed by atoms with van der Waals surface area (Å²) in [7, 11) is 0. The molecule has 0 fully saturated rings. The summed E-state index contributed by atoms with van der Waals surface area (Å²) in [6.07, 6.45) is -4.48. The second-order valence-electron chi connectivity index (χ2n) is 3.53. The highest BCUT2D eigenvalue weighted by atomic mass is 19.4. The first kappa shape index (κ1) is 11.1. The molecule has 0 saturated carbocycles. The minimum Gasteiger partial charge on any atom is -0.466 e. The lowest BCUT2D eigenvalue weighted by atomic mass is 9.93. The fourth-order valence-corrected chi connectivity index (χ4v) is 1.30. The summed E-state index contributed by atoms with van der Waals surface area (Å²) in [5.41, 5.74) is 2.88. The van der Waals surface area contributed by atoms with Gasteiger partial charge in [0.25, 0.3) is 0 Å². The molecule has 2 N–H and O–H groups in total. The van der Waals surface area contributed by atoms with Crippen molar-refractivity contribution >= 4 is 0 Å². The van der Waals surface area contributed by atoms with Crippen LogP contribution in [0.25, 0.3) is 0 Å². The molecule has 0 aromatic carbocycles. The van der Waals surface area contributed by atoms with Crippen molar-refractivity contribution in [1.82, 2.24) is 0 Å². The van der Waals surface area contributed by atoms with E-state index in [0.717, 1.165) is 6.92 Å². The fraction of sp³-hybridized carbons (Fsp3) is 0.556. The van der Waals surface area contributed by atoms with Crippen molar-refractivity contribution in [3.05, 3.63) is 23.2 Å². The van der Waals surface area contributed by atoms with Gasteiger partial charge < -0.3 is 10.2 Å². The molecule has 1 rings (SSSR count). The van der Waals surface area contributed by atoms with Crippen LogP contribution in [-0.2, 0) is 5.54 Å². The van der Waals surface area contributed by atoms with Crippen LogP contribution < -0.4 is 5.73 Å². The second kappa shape index (κ2) is 3.02. The Kier molecular flexibility index (Phi) is 2.39.